The number of hydrogen-bond acceptors (Lipinski definition) is 3. The summed E-state index contributed by atoms with van der Waals surface area (Å²) in [5.74, 6) is -1.17. The molecule has 0 fully saturated rings. The van der Waals surface area contributed by atoms with Crippen LogP contribution < -0.4 is 0 Å². The molecule has 0 aliphatic carbocycles. The van der Waals surface area contributed by atoms with Gasteiger partial charge in [0.1, 0.15) is 11.0 Å². The molecule has 0 amide bonds. The third kappa shape index (κ3) is 1.61. The smallest absolute Gasteiger partial charge is 0.340 e. The Morgan fingerprint density at radius 1 is 1.50 bits per heavy atom. The monoisotopic (exact) mass is 239 g/mol. The second kappa shape index (κ2) is 4.06. The van der Waals surface area contributed by atoms with Crippen LogP contribution in [-0.2, 0) is 4.74 Å². The Morgan fingerprint density at radius 3 is 2.94 bits per heavy atom. The summed E-state index contributed by atoms with van der Waals surface area (Å²) in [6.07, 6.45) is 1.21. The maximum absolute atomic E-state index is 13.6. The van der Waals surface area contributed by atoms with Crippen molar-refractivity contribution in [3.05, 3.63) is 40.9 Å². The number of carbonyl (C=O) groups is 1. The molecule has 2 rings (SSSR count). The fourth-order valence-corrected chi connectivity index (χ4v) is 1.70. The van der Waals surface area contributed by atoms with Crippen LogP contribution in [-0.4, -0.2) is 18.1 Å². The maximum Gasteiger partial charge on any atom is 0.340 e. The van der Waals surface area contributed by atoms with Gasteiger partial charge < -0.3 is 4.74 Å². The Kier molecular flexibility index (Phi) is 2.75. The average Bonchev–Trinajstić information content (AvgIpc) is 2.30. The molecule has 1 aromatic heterocycles. The number of methoxy groups -OCH3 is 1. The lowest BCUT2D eigenvalue weighted by Gasteiger charge is -2.06. The minimum absolute atomic E-state index is 0.0694. The van der Waals surface area contributed by atoms with Gasteiger partial charge in [-0.1, -0.05) is 23.7 Å². The summed E-state index contributed by atoms with van der Waals surface area (Å²) in [6.45, 7) is 0. The zero-order valence-electron chi connectivity index (χ0n) is 8.33. The van der Waals surface area contributed by atoms with Crippen molar-refractivity contribution in [2.75, 3.05) is 7.11 Å². The maximum atomic E-state index is 13.6. The summed E-state index contributed by atoms with van der Waals surface area (Å²) < 4.78 is 18.2. The van der Waals surface area contributed by atoms with Gasteiger partial charge in [0, 0.05) is 17.0 Å². The van der Waals surface area contributed by atoms with Crippen LogP contribution in [0.5, 0.6) is 0 Å². The molecule has 0 saturated carbocycles. The number of aromatic nitrogens is 1. The largest absolute Gasteiger partial charge is 0.465 e. The first-order chi connectivity index (χ1) is 7.65. The van der Waals surface area contributed by atoms with E-state index in [1.54, 1.807) is 6.07 Å². The van der Waals surface area contributed by atoms with Gasteiger partial charge in [-0.15, -0.1) is 0 Å². The molecule has 0 bridgehead atoms. The first-order valence-electron chi connectivity index (χ1n) is 4.46. The van der Waals surface area contributed by atoms with Crippen molar-refractivity contribution >= 4 is 28.3 Å². The molecule has 1 aromatic carbocycles. The third-order valence-electron chi connectivity index (χ3n) is 2.22. The third-order valence-corrected chi connectivity index (χ3v) is 2.52. The molecule has 0 spiro atoms. The molecule has 0 unspecified atom stereocenters. The summed E-state index contributed by atoms with van der Waals surface area (Å²) in [7, 11) is 1.23. The van der Waals surface area contributed by atoms with Crippen molar-refractivity contribution in [3.8, 4) is 0 Å². The number of halogens is 2. The molecular weight excluding hydrogens is 233 g/mol. The van der Waals surface area contributed by atoms with Gasteiger partial charge in [0.15, 0.2) is 0 Å². The molecule has 2 aromatic rings. The SMILES string of the molecule is COC(=O)c1cnc(Cl)c2cccc(F)c12. The number of ether oxygens (including phenoxy) is 1. The molecule has 0 aliphatic rings. The molecule has 16 heavy (non-hydrogen) atoms. The topological polar surface area (TPSA) is 39.2 Å². The first-order valence-corrected chi connectivity index (χ1v) is 4.84. The van der Waals surface area contributed by atoms with Gasteiger partial charge in [-0.2, -0.15) is 0 Å². The second-order valence-electron chi connectivity index (χ2n) is 3.12. The lowest BCUT2D eigenvalue weighted by Crippen LogP contribution is -2.04. The summed E-state index contributed by atoms with van der Waals surface area (Å²) >= 11 is 5.82. The van der Waals surface area contributed by atoms with Crippen LogP contribution >= 0.6 is 11.6 Å². The van der Waals surface area contributed by atoms with Crippen LogP contribution in [0.25, 0.3) is 10.8 Å². The Labute approximate surface area is 95.8 Å². The number of fused-ring (bicyclic) bond motifs is 1. The molecule has 5 heteroatoms. The summed E-state index contributed by atoms with van der Waals surface area (Å²) in [6, 6.07) is 4.36. The standard InChI is InChI=1S/C11H7ClFNO2/c1-16-11(15)7-5-14-10(12)6-3-2-4-8(13)9(6)7/h2-5H,1H3. The van der Waals surface area contributed by atoms with Crippen LogP contribution in [0.3, 0.4) is 0 Å². The molecule has 0 aliphatic heterocycles. The molecule has 82 valence electrons. The van der Waals surface area contributed by atoms with Crippen LogP contribution in [0.2, 0.25) is 5.15 Å². The van der Waals surface area contributed by atoms with Crippen molar-refractivity contribution in [3.63, 3.8) is 0 Å². The lowest BCUT2D eigenvalue weighted by molar-refractivity contribution is 0.0602. The fraction of sp³-hybridized carbons (Fsp3) is 0.0909. The van der Waals surface area contributed by atoms with E-state index in [0.29, 0.717) is 5.39 Å². The quantitative estimate of drug-likeness (QED) is 0.567. The van der Waals surface area contributed by atoms with Crippen LogP contribution in [0, 0.1) is 5.82 Å². The van der Waals surface area contributed by atoms with Gasteiger partial charge in [-0.3, -0.25) is 0 Å². The van der Waals surface area contributed by atoms with Gasteiger partial charge in [-0.05, 0) is 6.07 Å². The van der Waals surface area contributed by atoms with E-state index in [1.165, 1.54) is 25.4 Å². The van der Waals surface area contributed by atoms with Crippen LogP contribution in [0.4, 0.5) is 4.39 Å². The van der Waals surface area contributed by atoms with Gasteiger partial charge >= 0.3 is 5.97 Å². The molecule has 0 saturated heterocycles. The number of hydrogen-bond donors (Lipinski definition) is 0. The van der Waals surface area contributed by atoms with E-state index in [-0.39, 0.29) is 16.1 Å². The highest BCUT2D eigenvalue weighted by Crippen LogP contribution is 2.27. The van der Waals surface area contributed by atoms with Crippen molar-refractivity contribution in [1.29, 1.82) is 0 Å². The molecule has 0 atom stereocenters. The molecule has 0 N–H and O–H groups in total. The predicted octanol–water partition coefficient (Wildman–Crippen LogP) is 2.81. The average molecular weight is 240 g/mol. The lowest BCUT2D eigenvalue weighted by atomic mass is 10.1. The van der Waals surface area contributed by atoms with Crippen molar-refractivity contribution in [1.82, 2.24) is 4.98 Å². The van der Waals surface area contributed by atoms with Gasteiger partial charge in [-0.25, -0.2) is 14.2 Å². The second-order valence-corrected chi connectivity index (χ2v) is 3.47. The number of rotatable bonds is 1. The summed E-state index contributed by atoms with van der Waals surface area (Å²) in [5.41, 5.74) is 0.0694. The van der Waals surface area contributed by atoms with Crippen molar-refractivity contribution in [2.45, 2.75) is 0 Å². The Bertz CT molecular complexity index is 571. The van der Waals surface area contributed by atoms with E-state index in [1.807, 2.05) is 0 Å². The number of nitrogens with zero attached hydrogens (tertiary/aromatic N) is 1. The minimum atomic E-state index is -0.640. The molecule has 3 nitrogen and oxygen atoms in total. The zero-order chi connectivity index (χ0) is 11.7. The summed E-state index contributed by atoms with van der Waals surface area (Å²) in [4.78, 5) is 15.2. The zero-order valence-corrected chi connectivity index (χ0v) is 9.08. The van der Waals surface area contributed by atoms with Gasteiger partial charge in [0.05, 0.1) is 12.7 Å². The van der Waals surface area contributed by atoms with Gasteiger partial charge in [0.2, 0.25) is 0 Å². The van der Waals surface area contributed by atoms with Crippen LogP contribution in [0.1, 0.15) is 10.4 Å². The molecular formula is C11H7ClFNO2. The Morgan fingerprint density at radius 2 is 2.25 bits per heavy atom. The highest BCUT2D eigenvalue weighted by Gasteiger charge is 2.16. The van der Waals surface area contributed by atoms with E-state index < -0.39 is 11.8 Å². The highest BCUT2D eigenvalue weighted by molar-refractivity contribution is 6.34. The number of benzene rings is 1. The van der Waals surface area contributed by atoms with E-state index in [9.17, 15) is 9.18 Å². The first kappa shape index (κ1) is 10.8. The van der Waals surface area contributed by atoms with Crippen LogP contribution in [0.15, 0.2) is 24.4 Å². The van der Waals surface area contributed by atoms with Crippen molar-refractivity contribution < 1.29 is 13.9 Å². The Balaban J connectivity index is 2.86. The van der Waals surface area contributed by atoms with E-state index in [4.69, 9.17) is 11.6 Å². The predicted molar refractivity (Wildman–Crippen MR) is 58.1 cm³/mol. The van der Waals surface area contributed by atoms with E-state index in [0.717, 1.165) is 0 Å². The van der Waals surface area contributed by atoms with E-state index >= 15 is 0 Å². The minimum Gasteiger partial charge on any atom is -0.465 e. The number of carbonyl (C=O) groups excluding carboxylic acids is 1. The van der Waals surface area contributed by atoms with E-state index in [2.05, 4.69) is 9.72 Å². The molecule has 1 heterocycles. The summed E-state index contributed by atoms with van der Waals surface area (Å²) in [5, 5.41) is 0.682. The van der Waals surface area contributed by atoms with Gasteiger partial charge in [0.25, 0.3) is 0 Å². The normalized spacial score (nSPS) is 10.4. The fourth-order valence-electron chi connectivity index (χ4n) is 1.49. The highest BCUT2D eigenvalue weighted by atomic mass is 35.5. The molecule has 0 radical (unpaired) electrons. The Hall–Kier alpha value is -1.68. The van der Waals surface area contributed by atoms with Crippen molar-refractivity contribution in [2.24, 2.45) is 0 Å². The number of pyridine rings is 1. The number of esters is 1.